The number of likely N-dealkylation sites (tertiary alicyclic amines) is 1. The van der Waals surface area contributed by atoms with Crippen LogP contribution in [-0.4, -0.2) is 40.9 Å². The second-order valence-electron chi connectivity index (χ2n) is 7.61. The zero-order chi connectivity index (χ0) is 23.0. The molecule has 2 N–H and O–H groups in total. The van der Waals surface area contributed by atoms with Gasteiger partial charge in [0, 0.05) is 45.4 Å². The Labute approximate surface area is 189 Å². The second kappa shape index (κ2) is 14.6. The average Bonchev–Trinajstić information content (AvgIpc) is 2.84. The van der Waals surface area contributed by atoms with Crippen LogP contribution < -0.4 is 10.8 Å². The van der Waals surface area contributed by atoms with Gasteiger partial charge < -0.3 is 15.1 Å². The average molecular weight is 441 g/mol. The lowest BCUT2D eigenvalue weighted by Gasteiger charge is -2.32. The first-order chi connectivity index (χ1) is 15.5. The van der Waals surface area contributed by atoms with Crippen molar-refractivity contribution in [1.82, 2.24) is 20.7 Å². The molecule has 2 aromatic rings. The summed E-state index contributed by atoms with van der Waals surface area (Å²) in [5, 5.41) is 2.96. The molecule has 1 aromatic carbocycles. The highest BCUT2D eigenvalue weighted by atomic mass is 16.7. The van der Waals surface area contributed by atoms with Crippen LogP contribution >= 0.6 is 0 Å². The minimum absolute atomic E-state index is 0.0203. The molecule has 1 saturated heterocycles. The van der Waals surface area contributed by atoms with E-state index in [2.05, 4.69) is 20.6 Å². The summed E-state index contributed by atoms with van der Waals surface area (Å²) in [6, 6.07) is 15.5. The number of nitrogens with one attached hydrogen (secondary N) is 2. The summed E-state index contributed by atoms with van der Waals surface area (Å²) in [6.07, 6.45) is 7.42. The quantitative estimate of drug-likeness (QED) is 0.670. The van der Waals surface area contributed by atoms with Crippen molar-refractivity contribution < 1.29 is 19.2 Å². The van der Waals surface area contributed by atoms with Crippen LogP contribution in [0.5, 0.6) is 0 Å². The number of aromatic nitrogens is 1. The molecule has 172 valence electrons. The van der Waals surface area contributed by atoms with E-state index in [1.54, 1.807) is 12.4 Å². The third-order valence-corrected chi connectivity index (χ3v) is 5.08. The molecule has 1 aliphatic heterocycles. The highest BCUT2D eigenvalue weighted by molar-refractivity contribution is 5.77. The van der Waals surface area contributed by atoms with Crippen LogP contribution in [0, 0.1) is 5.92 Å². The predicted molar refractivity (Wildman–Crippen MR) is 121 cm³/mol. The topological polar surface area (TPSA) is 101 Å². The fourth-order valence-electron chi connectivity index (χ4n) is 3.35. The Hall–Kier alpha value is -3.42. The van der Waals surface area contributed by atoms with E-state index in [4.69, 9.17) is 0 Å². The maximum atomic E-state index is 12.2. The Morgan fingerprint density at radius 1 is 1.03 bits per heavy atom. The molecule has 1 aromatic heterocycles. The number of carbonyl (C=O) groups is 3. The number of piperidine rings is 1. The van der Waals surface area contributed by atoms with E-state index >= 15 is 0 Å². The van der Waals surface area contributed by atoms with Crippen LogP contribution in [0.3, 0.4) is 0 Å². The highest BCUT2D eigenvalue weighted by Gasteiger charge is 2.22. The number of rotatable bonds is 6. The first-order valence-corrected chi connectivity index (χ1v) is 10.9. The lowest BCUT2D eigenvalue weighted by Crippen LogP contribution is -2.44. The molecule has 0 atom stereocenters. The van der Waals surface area contributed by atoms with Crippen molar-refractivity contribution in [3.63, 3.8) is 0 Å². The van der Waals surface area contributed by atoms with Gasteiger partial charge in [0.15, 0.2) is 0 Å². The number of hydrogen-bond donors (Lipinski definition) is 2. The third kappa shape index (κ3) is 10.6. The molecule has 0 unspecified atom stereocenters. The third-order valence-electron chi connectivity index (χ3n) is 5.08. The maximum absolute atomic E-state index is 12.2. The van der Waals surface area contributed by atoms with Crippen LogP contribution in [0.25, 0.3) is 0 Å². The fraction of sp³-hybridized carbons (Fsp3) is 0.417. The molecule has 8 heteroatoms. The SMILES string of the molecule is CC(=O)ONC(=O)CCCC1CCN(C(=O)NCc2ccccc2)CC1.c1ccncc1. The number of nitrogens with zero attached hydrogens (tertiary/aromatic N) is 2. The number of pyridine rings is 1. The zero-order valence-corrected chi connectivity index (χ0v) is 18.5. The summed E-state index contributed by atoms with van der Waals surface area (Å²) in [6.45, 7) is 3.26. The Kier molecular flexibility index (Phi) is 11.3. The summed E-state index contributed by atoms with van der Waals surface area (Å²) in [4.78, 5) is 44.4. The molecule has 1 aliphatic rings. The fourth-order valence-corrected chi connectivity index (χ4v) is 3.35. The largest absolute Gasteiger partial charge is 0.341 e. The van der Waals surface area contributed by atoms with E-state index in [9.17, 15) is 14.4 Å². The highest BCUT2D eigenvalue weighted by Crippen LogP contribution is 2.22. The van der Waals surface area contributed by atoms with Crippen molar-refractivity contribution in [2.45, 2.75) is 45.6 Å². The van der Waals surface area contributed by atoms with Crippen molar-refractivity contribution in [3.8, 4) is 0 Å². The molecule has 3 rings (SSSR count). The van der Waals surface area contributed by atoms with Gasteiger partial charge in [-0.15, -0.1) is 0 Å². The van der Waals surface area contributed by atoms with Gasteiger partial charge in [0.05, 0.1) is 0 Å². The number of hydroxylamine groups is 1. The van der Waals surface area contributed by atoms with Gasteiger partial charge in [0.2, 0.25) is 0 Å². The number of benzene rings is 1. The van der Waals surface area contributed by atoms with Gasteiger partial charge in [-0.3, -0.25) is 14.6 Å². The van der Waals surface area contributed by atoms with Crippen LogP contribution in [0.1, 0.15) is 44.6 Å². The Bertz CT molecular complexity index is 783. The molecule has 8 nitrogen and oxygen atoms in total. The summed E-state index contributed by atoms with van der Waals surface area (Å²) in [7, 11) is 0. The molecular formula is C24H32N4O4. The number of hydrogen-bond acceptors (Lipinski definition) is 5. The monoisotopic (exact) mass is 440 g/mol. The standard InChI is InChI=1S/C19H27N3O4.C5H5N/c1-15(23)26-21-18(24)9-5-8-16-10-12-22(13-11-16)19(25)20-14-17-6-3-2-4-7-17;1-2-4-6-5-3-1/h2-4,6-7,16H,5,8-14H2,1H3,(H,20,25)(H,21,24);1-5H. The molecule has 3 amide bonds. The molecule has 32 heavy (non-hydrogen) atoms. The van der Waals surface area contributed by atoms with E-state index in [0.29, 0.717) is 18.9 Å². The molecule has 0 radical (unpaired) electrons. The zero-order valence-electron chi connectivity index (χ0n) is 18.5. The van der Waals surface area contributed by atoms with E-state index in [-0.39, 0.29) is 11.9 Å². The maximum Gasteiger partial charge on any atom is 0.329 e. The van der Waals surface area contributed by atoms with Gasteiger partial charge in [0.1, 0.15) is 0 Å². The van der Waals surface area contributed by atoms with Crippen molar-refractivity contribution in [2.75, 3.05) is 13.1 Å². The first-order valence-electron chi connectivity index (χ1n) is 10.9. The van der Waals surface area contributed by atoms with Gasteiger partial charge in [-0.2, -0.15) is 5.48 Å². The molecular weight excluding hydrogens is 408 g/mol. The molecule has 1 fully saturated rings. The van der Waals surface area contributed by atoms with Crippen molar-refractivity contribution in [3.05, 3.63) is 66.5 Å². The Morgan fingerprint density at radius 2 is 1.69 bits per heavy atom. The molecule has 0 spiro atoms. The second-order valence-corrected chi connectivity index (χ2v) is 7.61. The number of amides is 3. The lowest BCUT2D eigenvalue weighted by atomic mass is 9.91. The van der Waals surface area contributed by atoms with Crippen LogP contribution in [0.15, 0.2) is 60.9 Å². The smallest absolute Gasteiger partial charge is 0.329 e. The van der Waals surface area contributed by atoms with Crippen molar-refractivity contribution >= 4 is 17.9 Å². The van der Waals surface area contributed by atoms with Crippen LogP contribution in [0.2, 0.25) is 0 Å². The van der Waals surface area contributed by atoms with Crippen molar-refractivity contribution in [2.24, 2.45) is 5.92 Å². The number of carbonyl (C=O) groups excluding carboxylic acids is 3. The number of urea groups is 1. The lowest BCUT2D eigenvalue weighted by molar-refractivity contribution is -0.156. The predicted octanol–water partition coefficient (Wildman–Crippen LogP) is 3.45. The summed E-state index contributed by atoms with van der Waals surface area (Å²) >= 11 is 0. The summed E-state index contributed by atoms with van der Waals surface area (Å²) in [5.74, 6) is -0.288. The molecule has 0 bridgehead atoms. The van der Waals surface area contributed by atoms with Gasteiger partial charge >= 0.3 is 12.0 Å². The van der Waals surface area contributed by atoms with Gasteiger partial charge in [0.25, 0.3) is 5.91 Å². The van der Waals surface area contributed by atoms with E-state index in [1.165, 1.54) is 6.92 Å². The Morgan fingerprint density at radius 3 is 2.25 bits per heavy atom. The molecule has 2 heterocycles. The first kappa shape index (κ1) is 24.8. The van der Waals surface area contributed by atoms with Gasteiger partial charge in [-0.05, 0) is 49.3 Å². The van der Waals surface area contributed by atoms with E-state index in [0.717, 1.165) is 44.3 Å². The van der Waals surface area contributed by atoms with Crippen LogP contribution in [-0.2, 0) is 21.0 Å². The normalized spacial score (nSPS) is 13.3. The Balaban J connectivity index is 0.000000520. The summed E-state index contributed by atoms with van der Waals surface area (Å²) in [5.41, 5.74) is 3.21. The van der Waals surface area contributed by atoms with Gasteiger partial charge in [-0.25, -0.2) is 4.79 Å². The van der Waals surface area contributed by atoms with E-state index in [1.807, 2.05) is 53.4 Å². The molecule has 0 saturated carbocycles. The van der Waals surface area contributed by atoms with E-state index < -0.39 is 5.97 Å². The van der Waals surface area contributed by atoms with Gasteiger partial charge in [-0.1, -0.05) is 36.4 Å². The minimum Gasteiger partial charge on any atom is -0.341 e. The molecule has 0 aliphatic carbocycles. The van der Waals surface area contributed by atoms with Crippen LogP contribution in [0.4, 0.5) is 4.79 Å². The summed E-state index contributed by atoms with van der Waals surface area (Å²) < 4.78 is 0. The minimum atomic E-state index is -0.531. The van der Waals surface area contributed by atoms with Crippen molar-refractivity contribution in [1.29, 1.82) is 0 Å².